The topological polar surface area (TPSA) is 53.7 Å². The zero-order chi connectivity index (χ0) is 18.2. The minimum atomic E-state index is 0.185. The maximum atomic E-state index is 12.8. The summed E-state index contributed by atoms with van der Waals surface area (Å²) in [4.78, 5) is 21.9. The molecule has 1 fully saturated rings. The Kier molecular flexibility index (Phi) is 4.34. The van der Waals surface area contributed by atoms with Crippen molar-refractivity contribution in [2.24, 2.45) is 5.92 Å². The lowest BCUT2D eigenvalue weighted by molar-refractivity contribution is -0.136. The second kappa shape index (κ2) is 6.98. The van der Waals surface area contributed by atoms with Gasteiger partial charge >= 0.3 is 0 Å². The Morgan fingerprint density at radius 3 is 2.74 bits per heavy atom. The highest BCUT2D eigenvalue weighted by atomic mass is 16.2. The molecule has 6 heteroatoms. The largest absolute Gasteiger partial charge is 0.351 e. The van der Waals surface area contributed by atoms with Crippen LogP contribution in [-0.2, 0) is 17.6 Å². The number of carbonyl (C=O) groups is 1. The number of hydrogen-bond donors (Lipinski definition) is 0. The van der Waals surface area contributed by atoms with Crippen molar-refractivity contribution >= 4 is 17.2 Å². The van der Waals surface area contributed by atoms with Gasteiger partial charge < -0.3 is 9.80 Å². The molecule has 1 atom stereocenters. The molecule has 1 saturated heterocycles. The van der Waals surface area contributed by atoms with Crippen LogP contribution >= 0.6 is 0 Å². The highest BCUT2D eigenvalue weighted by molar-refractivity contribution is 5.80. The van der Waals surface area contributed by atoms with E-state index >= 15 is 0 Å². The summed E-state index contributed by atoms with van der Waals surface area (Å²) in [5.41, 5.74) is 3.82. The Hall–Kier alpha value is -2.37. The van der Waals surface area contributed by atoms with Crippen molar-refractivity contribution in [2.45, 2.75) is 44.9 Å². The summed E-state index contributed by atoms with van der Waals surface area (Å²) in [6.45, 7) is 3.28. The number of anilines is 1. The molecule has 1 amide bonds. The maximum Gasteiger partial charge on any atom is 0.226 e. The molecule has 142 valence electrons. The minimum absolute atomic E-state index is 0.185. The summed E-state index contributed by atoms with van der Waals surface area (Å²) in [5.74, 6) is 1.57. The fraction of sp³-hybridized carbons (Fsp3) is 0.571. The predicted molar refractivity (Wildman–Crippen MR) is 105 cm³/mol. The van der Waals surface area contributed by atoms with Crippen molar-refractivity contribution < 1.29 is 4.79 Å². The first-order chi connectivity index (χ1) is 13.3. The Bertz CT molecular complexity index is 878. The number of amides is 1. The van der Waals surface area contributed by atoms with Gasteiger partial charge in [-0.3, -0.25) is 4.79 Å². The molecule has 0 spiro atoms. The minimum Gasteiger partial charge on any atom is -0.351 e. The molecule has 1 unspecified atom stereocenters. The van der Waals surface area contributed by atoms with Crippen LogP contribution in [0.2, 0.25) is 0 Å². The lowest BCUT2D eigenvalue weighted by Gasteiger charge is -2.37. The number of piperazine rings is 1. The van der Waals surface area contributed by atoms with Crippen molar-refractivity contribution in [1.82, 2.24) is 19.5 Å². The Morgan fingerprint density at radius 1 is 1.07 bits per heavy atom. The average Bonchev–Trinajstić information content (AvgIpc) is 3.13. The van der Waals surface area contributed by atoms with Crippen LogP contribution in [0, 0.1) is 5.92 Å². The zero-order valence-electron chi connectivity index (χ0n) is 15.8. The van der Waals surface area contributed by atoms with Gasteiger partial charge in [0.15, 0.2) is 5.82 Å². The third kappa shape index (κ3) is 3.01. The van der Waals surface area contributed by atoms with Gasteiger partial charge in [-0.1, -0.05) is 12.2 Å². The molecule has 0 N–H and O–H groups in total. The van der Waals surface area contributed by atoms with Gasteiger partial charge in [-0.25, -0.2) is 9.50 Å². The van der Waals surface area contributed by atoms with E-state index in [1.54, 1.807) is 0 Å². The monoisotopic (exact) mass is 365 g/mol. The van der Waals surface area contributed by atoms with Crippen LogP contribution in [0.5, 0.6) is 0 Å². The second-order valence-electron chi connectivity index (χ2n) is 7.97. The molecule has 6 nitrogen and oxygen atoms in total. The van der Waals surface area contributed by atoms with Crippen molar-refractivity contribution in [3.8, 4) is 0 Å². The van der Waals surface area contributed by atoms with Crippen LogP contribution in [0.3, 0.4) is 0 Å². The van der Waals surface area contributed by atoms with Gasteiger partial charge in [0.05, 0.1) is 5.69 Å². The summed E-state index contributed by atoms with van der Waals surface area (Å²) in [5, 5.41) is 4.79. The first-order valence-corrected chi connectivity index (χ1v) is 10.3. The molecule has 2 aromatic heterocycles. The summed E-state index contributed by atoms with van der Waals surface area (Å²) in [6, 6.07) is 0. The predicted octanol–water partition coefficient (Wildman–Crippen LogP) is 2.61. The molecule has 27 heavy (non-hydrogen) atoms. The molecular formula is C21H27N5O. The standard InChI is InChI=1S/C21H27N5O/c27-21(16-6-2-1-3-7-16)25-14-12-24(13-15-25)20-19-17-8-4-5-9-18(17)23-26(19)11-10-22-20/h1-2,10-11,16H,3-9,12-15H2. The van der Waals surface area contributed by atoms with E-state index in [1.807, 2.05) is 16.9 Å². The van der Waals surface area contributed by atoms with Gasteiger partial charge in [-0.15, -0.1) is 0 Å². The van der Waals surface area contributed by atoms with Crippen molar-refractivity contribution in [2.75, 3.05) is 31.1 Å². The fourth-order valence-corrected chi connectivity index (χ4v) is 4.79. The number of aryl methyl sites for hydroxylation is 2. The molecule has 1 aliphatic heterocycles. The van der Waals surface area contributed by atoms with Crippen LogP contribution in [0.15, 0.2) is 24.5 Å². The van der Waals surface area contributed by atoms with Gasteiger partial charge in [0.1, 0.15) is 5.52 Å². The highest BCUT2D eigenvalue weighted by Crippen LogP contribution is 2.31. The van der Waals surface area contributed by atoms with Crippen LogP contribution in [-0.4, -0.2) is 51.6 Å². The number of allylic oxidation sites excluding steroid dienone is 2. The van der Waals surface area contributed by atoms with Crippen molar-refractivity contribution in [3.63, 3.8) is 0 Å². The van der Waals surface area contributed by atoms with Gasteiger partial charge in [-0.2, -0.15) is 5.10 Å². The summed E-state index contributed by atoms with van der Waals surface area (Å²) in [6.07, 6.45) is 15.8. The van der Waals surface area contributed by atoms with E-state index in [-0.39, 0.29) is 5.92 Å². The Labute approximate surface area is 159 Å². The molecule has 3 heterocycles. The first kappa shape index (κ1) is 16.8. The number of carbonyl (C=O) groups excluding carboxylic acids is 1. The van der Waals surface area contributed by atoms with Crippen LogP contribution < -0.4 is 4.90 Å². The molecule has 3 aliphatic rings. The van der Waals surface area contributed by atoms with Crippen molar-refractivity contribution in [1.29, 1.82) is 0 Å². The average molecular weight is 365 g/mol. The van der Waals surface area contributed by atoms with Crippen molar-refractivity contribution in [3.05, 3.63) is 35.8 Å². The molecule has 0 saturated carbocycles. The Morgan fingerprint density at radius 2 is 1.93 bits per heavy atom. The van der Waals surface area contributed by atoms with Gasteiger partial charge in [-0.05, 0) is 44.9 Å². The summed E-state index contributed by atoms with van der Waals surface area (Å²) in [7, 11) is 0. The highest BCUT2D eigenvalue weighted by Gasteiger charge is 2.29. The van der Waals surface area contributed by atoms with E-state index in [2.05, 4.69) is 22.0 Å². The van der Waals surface area contributed by atoms with Gasteiger partial charge in [0.2, 0.25) is 5.91 Å². The molecule has 0 bridgehead atoms. The van der Waals surface area contributed by atoms with Gasteiger partial charge in [0, 0.05) is 50.1 Å². The molecule has 0 radical (unpaired) electrons. The summed E-state index contributed by atoms with van der Waals surface area (Å²) < 4.78 is 2.02. The number of nitrogens with zero attached hydrogens (tertiary/aromatic N) is 5. The third-order valence-corrected chi connectivity index (χ3v) is 6.31. The van der Waals surface area contributed by atoms with E-state index in [0.717, 1.165) is 64.1 Å². The van der Waals surface area contributed by atoms with E-state index in [1.165, 1.54) is 29.6 Å². The van der Waals surface area contributed by atoms with Crippen LogP contribution in [0.1, 0.15) is 43.4 Å². The molecular weight excluding hydrogens is 338 g/mol. The SMILES string of the molecule is O=C(C1CC=CCC1)N1CCN(c2nccn3nc4c(c23)CCCC4)CC1. The molecule has 2 aromatic rings. The number of aromatic nitrogens is 3. The normalized spacial score (nSPS) is 22.9. The lowest BCUT2D eigenvalue weighted by Crippen LogP contribution is -2.50. The van der Waals surface area contributed by atoms with E-state index in [0.29, 0.717) is 5.91 Å². The number of rotatable bonds is 2. The Balaban J connectivity index is 1.34. The lowest BCUT2D eigenvalue weighted by atomic mass is 9.93. The molecule has 2 aliphatic carbocycles. The van der Waals surface area contributed by atoms with E-state index in [9.17, 15) is 4.79 Å². The van der Waals surface area contributed by atoms with Gasteiger partial charge in [0.25, 0.3) is 0 Å². The number of hydrogen-bond acceptors (Lipinski definition) is 4. The smallest absolute Gasteiger partial charge is 0.226 e. The second-order valence-corrected chi connectivity index (χ2v) is 7.97. The first-order valence-electron chi connectivity index (χ1n) is 10.3. The molecule has 0 aromatic carbocycles. The van der Waals surface area contributed by atoms with Crippen LogP contribution in [0.25, 0.3) is 5.52 Å². The number of fused-ring (bicyclic) bond motifs is 3. The van der Waals surface area contributed by atoms with E-state index in [4.69, 9.17) is 10.1 Å². The van der Waals surface area contributed by atoms with E-state index < -0.39 is 0 Å². The fourth-order valence-electron chi connectivity index (χ4n) is 4.79. The summed E-state index contributed by atoms with van der Waals surface area (Å²) >= 11 is 0. The zero-order valence-corrected chi connectivity index (χ0v) is 15.8. The quantitative estimate of drug-likeness (QED) is 0.768. The maximum absolute atomic E-state index is 12.8. The molecule has 5 rings (SSSR count). The van der Waals surface area contributed by atoms with Crippen LogP contribution in [0.4, 0.5) is 5.82 Å². The third-order valence-electron chi connectivity index (χ3n) is 6.31.